The van der Waals surface area contributed by atoms with Crippen LogP contribution in [0.5, 0.6) is 0 Å². The zero-order chi connectivity index (χ0) is 13.2. The molecule has 0 bridgehead atoms. The minimum absolute atomic E-state index is 0.0290. The van der Waals surface area contributed by atoms with Gasteiger partial charge in [0, 0.05) is 13.1 Å². The van der Waals surface area contributed by atoms with Gasteiger partial charge in [-0.15, -0.1) is 0 Å². The van der Waals surface area contributed by atoms with E-state index < -0.39 is 0 Å². The second-order valence-electron chi connectivity index (χ2n) is 3.63. The number of nitrogens with zero attached hydrogens (tertiary/aromatic N) is 1. The molecule has 1 aromatic heterocycles. The van der Waals surface area contributed by atoms with E-state index in [0.717, 1.165) is 6.54 Å². The Balaban J connectivity index is 2.43. The fourth-order valence-electron chi connectivity index (χ4n) is 1.32. The predicted molar refractivity (Wildman–Crippen MR) is 75.8 cm³/mol. The van der Waals surface area contributed by atoms with E-state index in [-0.39, 0.29) is 12.5 Å². The van der Waals surface area contributed by atoms with Crippen LogP contribution in [0.3, 0.4) is 0 Å². The largest absolute Gasteiger partial charge is 0.357 e. The number of amides is 1. The third-order valence-corrected chi connectivity index (χ3v) is 2.87. The third kappa shape index (κ3) is 5.67. The lowest BCUT2D eigenvalue weighted by atomic mass is 10.3. The average Bonchev–Trinajstić information content (AvgIpc) is 2.86. The topological polar surface area (TPSA) is 65.5 Å². The highest BCUT2D eigenvalue weighted by atomic mass is 32.1. The number of carbonyl (C=O) groups excluding carboxylic acids is 1. The smallest absolute Gasteiger partial charge is 0.239 e. The summed E-state index contributed by atoms with van der Waals surface area (Å²) in [6, 6.07) is 2.04. The number of thiophene rings is 1. The summed E-state index contributed by atoms with van der Waals surface area (Å²) in [5.41, 5.74) is 1.18. The Morgan fingerprint density at radius 3 is 2.67 bits per heavy atom. The van der Waals surface area contributed by atoms with Crippen LogP contribution in [0, 0.1) is 0 Å². The van der Waals surface area contributed by atoms with Crippen molar-refractivity contribution in [1.82, 2.24) is 16.0 Å². The molecular formula is C12H20N4OS. The molecule has 0 spiro atoms. The van der Waals surface area contributed by atoms with Crippen molar-refractivity contribution in [3.63, 3.8) is 0 Å². The van der Waals surface area contributed by atoms with Gasteiger partial charge in [-0.1, -0.05) is 0 Å². The zero-order valence-electron chi connectivity index (χ0n) is 10.8. The van der Waals surface area contributed by atoms with E-state index in [2.05, 4.69) is 26.3 Å². The van der Waals surface area contributed by atoms with E-state index in [1.54, 1.807) is 11.3 Å². The van der Waals surface area contributed by atoms with Crippen molar-refractivity contribution < 1.29 is 4.79 Å². The van der Waals surface area contributed by atoms with Gasteiger partial charge in [-0.05, 0) is 36.2 Å². The van der Waals surface area contributed by atoms with Gasteiger partial charge in [-0.2, -0.15) is 11.3 Å². The maximum Gasteiger partial charge on any atom is 0.239 e. The molecule has 0 saturated carbocycles. The predicted octanol–water partition coefficient (Wildman–Crippen LogP) is 0.939. The number of hydrogen-bond donors (Lipinski definition) is 3. The Labute approximate surface area is 112 Å². The molecule has 0 aliphatic heterocycles. The molecule has 0 fully saturated rings. The molecule has 0 radical (unpaired) electrons. The third-order valence-electron chi connectivity index (χ3n) is 2.13. The van der Waals surface area contributed by atoms with Gasteiger partial charge in [0.15, 0.2) is 5.96 Å². The quantitative estimate of drug-likeness (QED) is 0.531. The van der Waals surface area contributed by atoms with Crippen molar-refractivity contribution in [3.05, 3.63) is 22.4 Å². The number of rotatable bonds is 6. The second kappa shape index (κ2) is 8.52. The van der Waals surface area contributed by atoms with Crippen molar-refractivity contribution in [2.45, 2.75) is 20.4 Å². The molecule has 1 rings (SSSR count). The monoisotopic (exact) mass is 268 g/mol. The molecular weight excluding hydrogens is 248 g/mol. The van der Waals surface area contributed by atoms with Crippen LogP contribution >= 0.6 is 11.3 Å². The number of hydrogen-bond acceptors (Lipinski definition) is 3. The molecule has 6 heteroatoms. The molecule has 0 unspecified atom stereocenters. The van der Waals surface area contributed by atoms with Gasteiger partial charge in [0.25, 0.3) is 0 Å². The Hall–Kier alpha value is -1.56. The first-order chi connectivity index (χ1) is 8.76. The SMILES string of the molecule is CCNC(=O)CNC(=NCc1ccsc1)NCC. The summed E-state index contributed by atoms with van der Waals surface area (Å²) in [6.07, 6.45) is 0. The summed E-state index contributed by atoms with van der Waals surface area (Å²) in [6.45, 7) is 6.16. The molecule has 3 N–H and O–H groups in total. The lowest BCUT2D eigenvalue weighted by Gasteiger charge is -2.10. The molecule has 0 atom stereocenters. The number of guanidine groups is 1. The van der Waals surface area contributed by atoms with E-state index in [0.29, 0.717) is 19.0 Å². The summed E-state index contributed by atoms with van der Waals surface area (Å²) in [5.74, 6) is 0.633. The van der Waals surface area contributed by atoms with Crippen LogP contribution in [0.2, 0.25) is 0 Å². The first kappa shape index (κ1) is 14.5. The molecule has 18 heavy (non-hydrogen) atoms. The lowest BCUT2D eigenvalue weighted by Crippen LogP contribution is -2.43. The molecule has 1 amide bonds. The lowest BCUT2D eigenvalue weighted by molar-refractivity contribution is -0.119. The van der Waals surface area contributed by atoms with Crippen LogP contribution in [0.1, 0.15) is 19.4 Å². The number of nitrogens with one attached hydrogen (secondary N) is 3. The standard InChI is InChI=1S/C12H20N4OS/c1-3-13-11(17)8-16-12(14-4-2)15-7-10-5-6-18-9-10/h5-6,9H,3-4,7-8H2,1-2H3,(H,13,17)(H2,14,15,16). The van der Waals surface area contributed by atoms with E-state index in [1.165, 1.54) is 5.56 Å². The van der Waals surface area contributed by atoms with Crippen LogP contribution in [0.25, 0.3) is 0 Å². The molecule has 0 saturated heterocycles. The van der Waals surface area contributed by atoms with Crippen molar-refractivity contribution in [2.24, 2.45) is 4.99 Å². The Kier molecular flexibility index (Phi) is 6.86. The van der Waals surface area contributed by atoms with E-state index >= 15 is 0 Å². The highest BCUT2D eigenvalue weighted by molar-refractivity contribution is 7.07. The first-order valence-corrected chi connectivity index (χ1v) is 7.00. The van der Waals surface area contributed by atoms with E-state index in [4.69, 9.17) is 0 Å². The number of carbonyl (C=O) groups is 1. The van der Waals surface area contributed by atoms with E-state index in [1.807, 2.05) is 25.3 Å². The molecule has 0 aromatic carbocycles. The van der Waals surface area contributed by atoms with Crippen LogP contribution in [-0.4, -0.2) is 31.5 Å². The fourth-order valence-corrected chi connectivity index (χ4v) is 1.98. The normalized spacial score (nSPS) is 11.1. The Bertz CT molecular complexity index is 375. The van der Waals surface area contributed by atoms with Crippen molar-refractivity contribution in [2.75, 3.05) is 19.6 Å². The van der Waals surface area contributed by atoms with E-state index in [9.17, 15) is 4.79 Å². The summed E-state index contributed by atoms with van der Waals surface area (Å²) in [4.78, 5) is 15.7. The maximum absolute atomic E-state index is 11.3. The van der Waals surface area contributed by atoms with Crippen LogP contribution in [0.15, 0.2) is 21.8 Å². The van der Waals surface area contributed by atoms with Gasteiger partial charge >= 0.3 is 0 Å². The van der Waals surface area contributed by atoms with Crippen molar-refractivity contribution in [1.29, 1.82) is 0 Å². The molecule has 0 aliphatic rings. The van der Waals surface area contributed by atoms with Gasteiger partial charge in [0.05, 0.1) is 13.1 Å². The maximum atomic E-state index is 11.3. The molecule has 0 aliphatic carbocycles. The second-order valence-corrected chi connectivity index (χ2v) is 4.41. The van der Waals surface area contributed by atoms with Crippen LogP contribution < -0.4 is 16.0 Å². The van der Waals surface area contributed by atoms with Crippen LogP contribution in [0.4, 0.5) is 0 Å². The fraction of sp³-hybridized carbons (Fsp3) is 0.500. The minimum atomic E-state index is -0.0290. The number of aliphatic imine (C=N–C) groups is 1. The summed E-state index contributed by atoms with van der Waals surface area (Å²) in [5, 5.41) is 12.9. The minimum Gasteiger partial charge on any atom is -0.357 e. The molecule has 100 valence electrons. The zero-order valence-corrected chi connectivity index (χ0v) is 11.6. The highest BCUT2D eigenvalue weighted by Crippen LogP contribution is 2.06. The Morgan fingerprint density at radius 2 is 2.06 bits per heavy atom. The van der Waals surface area contributed by atoms with Gasteiger partial charge in [-0.3, -0.25) is 4.79 Å². The number of likely N-dealkylation sites (N-methyl/N-ethyl adjacent to an activating group) is 1. The van der Waals surface area contributed by atoms with Gasteiger partial charge in [0.1, 0.15) is 0 Å². The van der Waals surface area contributed by atoms with Gasteiger partial charge in [-0.25, -0.2) is 4.99 Å². The van der Waals surface area contributed by atoms with Crippen LogP contribution in [-0.2, 0) is 11.3 Å². The summed E-state index contributed by atoms with van der Waals surface area (Å²) < 4.78 is 0. The summed E-state index contributed by atoms with van der Waals surface area (Å²) >= 11 is 1.66. The Morgan fingerprint density at radius 1 is 1.28 bits per heavy atom. The molecule has 1 aromatic rings. The molecule has 1 heterocycles. The summed E-state index contributed by atoms with van der Waals surface area (Å²) in [7, 11) is 0. The average molecular weight is 268 g/mol. The van der Waals surface area contributed by atoms with Crippen molar-refractivity contribution >= 4 is 23.2 Å². The van der Waals surface area contributed by atoms with Gasteiger partial charge < -0.3 is 16.0 Å². The highest BCUT2D eigenvalue weighted by Gasteiger charge is 2.01. The first-order valence-electron chi connectivity index (χ1n) is 6.06. The molecule has 5 nitrogen and oxygen atoms in total. The van der Waals surface area contributed by atoms with Crippen molar-refractivity contribution in [3.8, 4) is 0 Å². The van der Waals surface area contributed by atoms with Gasteiger partial charge in [0.2, 0.25) is 5.91 Å².